The van der Waals surface area contributed by atoms with Crippen LogP contribution in [-0.2, 0) is 14.3 Å². The van der Waals surface area contributed by atoms with E-state index in [4.69, 9.17) is 5.11 Å². The normalized spacial score (nSPS) is 11.0. The lowest BCUT2D eigenvalue weighted by Crippen LogP contribution is -2.14. The number of carboxylic acids is 1. The van der Waals surface area contributed by atoms with E-state index in [0.29, 0.717) is 11.1 Å². The second kappa shape index (κ2) is 6.62. The highest BCUT2D eigenvalue weighted by molar-refractivity contribution is 7.87. The van der Waals surface area contributed by atoms with Crippen LogP contribution in [0.3, 0.4) is 0 Å². The van der Waals surface area contributed by atoms with Crippen LogP contribution in [0.25, 0.3) is 11.1 Å². The molecule has 0 saturated heterocycles. The van der Waals surface area contributed by atoms with E-state index in [1.54, 1.807) is 24.3 Å². The number of aromatic carboxylic acids is 1. The second-order valence-electron chi connectivity index (χ2n) is 4.68. The first-order chi connectivity index (χ1) is 10.8. The lowest BCUT2D eigenvalue weighted by Gasteiger charge is -2.07. The van der Waals surface area contributed by atoms with Gasteiger partial charge in [0.05, 0.1) is 16.9 Å². The Kier molecular flexibility index (Phi) is 4.80. The molecule has 2 rings (SSSR count). The molecule has 0 atom stereocenters. The van der Waals surface area contributed by atoms with E-state index in [-0.39, 0.29) is 16.9 Å². The van der Waals surface area contributed by atoms with Crippen molar-refractivity contribution >= 4 is 22.1 Å². The van der Waals surface area contributed by atoms with Crippen LogP contribution >= 0.6 is 0 Å². The van der Waals surface area contributed by atoms with Crippen LogP contribution < -0.4 is 0 Å². The molecule has 2 aromatic rings. The molecule has 0 unspecified atom stereocenters. The maximum absolute atomic E-state index is 11.9. The lowest BCUT2D eigenvalue weighted by molar-refractivity contribution is 0.0694. The van der Waals surface area contributed by atoms with Crippen LogP contribution in [0.5, 0.6) is 0 Å². The Labute approximate surface area is 133 Å². The van der Waals surface area contributed by atoms with Gasteiger partial charge in [0.25, 0.3) is 0 Å². The molecular weight excluding hydrogens is 320 g/mol. The average molecular weight is 334 g/mol. The highest BCUT2D eigenvalue weighted by Gasteiger charge is 2.17. The summed E-state index contributed by atoms with van der Waals surface area (Å²) in [5.41, 5.74) is 1.36. The first-order valence-electron chi connectivity index (χ1n) is 6.72. The maximum atomic E-state index is 11.9. The second-order valence-corrected chi connectivity index (χ2v) is 6.54. The summed E-state index contributed by atoms with van der Waals surface area (Å²) in [5, 5.41) is 9.01. The molecule has 0 radical (unpaired) electrons. The molecule has 0 aliphatic carbocycles. The number of rotatable bonds is 5. The largest absolute Gasteiger partial charge is 0.478 e. The van der Waals surface area contributed by atoms with E-state index in [1.165, 1.54) is 31.2 Å². The van der Waals surface area contributed by atoms with Crippen molar-refractivity contribution in [3.63, 3.8) is 0 Å². The smallest absolute Gasteiger partial charge is 0.353 e. The van der Waals surface area contributed by atoms with Gasteiger partial charge in [0, 0.05) is 0 Å². The summed E-state index contributed by atoms with van der Waals surface area (Å²) < 4.78 is 27.2. The van der Waals surface area contributed by atoms with Crippen LogP contribution in [0.1, 0.15) is 27.6 Å². The number of carbonyl (C=O) groups is 2. The van der Waals surface area contributed by atoms with Gasteiger partial charge in [0.1, 0.15) is 0 Å². The quantitative estimate of drug-likeness (QED) is 0.844. The molecule has 0 aromatic heterocycles. The van der Waals surface area contributed by atoms with Gasteiger partial charge in [-0.15, -0.1) is 0 Å². The molecule has 0 bridgehead atoms. The molecule has 7 heteroatoms. The third-order valence-electron chi connectivity index (χ3n) is 3.10. The van der Waals surface area contributed by atoms with Gasteiger partial charge in [-0.2, -0.15) is 8.42 Å². The Morgan fingerprint density at radius 2 is 1.52 bits per heavy atom. The molecule has 0 amide bonds. The van der Waals surface area contributed by atoms with Crippen molar-refractivity contribution in [2.45, 2.75) is 6.92 Å². The molecule has 0 aliphatic rings. The summed E-state index contributed by atoms with van der Waals surface area (Å²) in [6.07, 6.45) is 0. The van der Waals surface area contributed by atoms with Crippen molar-refractivity contribution in [2.75, 3.05) is 5.75 Å². The van der Waals surface area contributed by atoms with Gasteiger partial charge in [0.15, 0.2) is 0 Å². The van der Waals surface area contributed by atoms with Gasteiger partial charge in [-0.1, -0.05) is 24.3 Å². The fourth-order valence-corrected chi connectivity index (χ4v) is 2.32. The van der Waals surface area contributed by atoms with Crippen molar-refractivity contribution in [2.24, 2.45) is 0 Å². The van der Waals surface area contributed by atoms with E-state index in [1.807, 2.05) is 0 Å². The molecule has 23 heavy (non-hydrogen) atoms. The van der Waals surface area contributed by atoms with Gasteiger partial charge >= 0.3 is 22.1 Å². The van der Waals surface area contributed by atoms with Gasteiger partial charge in [-0.25, -0.2) is 9.59 Å². The Balaban J connectivity index is 2.35. The zero-order valence-electron chi connectivity index (χ0n) is 12.2. The molecule has 0 aliphatic heterocycles. The Bertz CT molecular complexity index is 854. The van der Waals surface area contributed by atoms with E-state index >= 15 is 0 Å². The van der Waals surface area contributed by atoms with Gasteiger partial charge < -0.3 is 9.29 Å². The number of carboxylic acid groups (broad SMARTS) is 1. The molecule has 6 nitrogen and oxygen atoms in total. The van der Waals surface area contributed by atoms with E-state index < -0.39 is 22.1 Å². The maximum Gasteiger partial charge on any atom is 0.353 e. The Morgan fingerprint density at radius 1 is 1.00 bits per heavy atom. The summed E-state index contributed by atoms with van der Waals surface area (Å²) in [6.45, 7) is 1.37. The number of hydrogen-bond donors (Lipinski definition) is 1. The van der Waals surface area contributed by atoms with Crippen LogP contribution in [0.2, 0.25) is 0 Å². The van der Waals surface area contributed by atoms with Crippen molar-refractivity contribution in [1.29, 1.82) is 0 Å². The standard InChI is InChI=1S/C16H14O6S/c1-2-23(20,21)22-16(19)14-8-4-6-12(10-14)11-5-3-7-13(9-11)15(17)18/h3-10H,2H2,1H3,(H,17,18). The molecule has 0 spiro atoms. The Hall–Kier alpha value is -2.67. The average Bonchev–Trinajstić information content (AvgIpc) is 2.54. The lowest BCUT2D eigenvalue weighted by atomic mass is 10.0. The monoisotopic (exact) mass is 334 g/mol. The number of benzene rings is 2. The predicted molar refractivity (Wildman–Crippen MR) is 83.7 cm³/mol. The van der Waals surface area contributed by atoms with Gasteiger partial charge in [-0.05, 0) is 42.3 Å². The summed E-state index contributed by atoms with van der Waals surface area (Å²) in [4.78, 5) is 22.9. The fraction of sp³-hybridized carbons (Fsp3) is 0.125. The summed E-state index contributed by atoms with van der Waals surface area (Å²) >= 11 is 0. The van der Waals surface area contributed by atoms with Crippen molar-refractivity contribution in [3.05, 3.63) is 59.7 Å². The molecular formula is C16H14O6S. The van der Waals surface area contributed by atoms with Crippen molar-refractivity contribution in [3.8, 4) is 11.1 Å². The van der Waals surface area contributed by atoms with Crippen LogP contribution in [0, 0.1) is 0 Å². The number of hydrogen-bond acceptors (Lipinski definition) is 5. The first-order valence-corrected chi connectivity index (χ1v) is 8.30. The highest BCUT2D eigenvalue weighted by atomic mass is 32.2. The molecule has 1 N–H and O–H groups in total. The van der Waals surface area contributed by atoms with Gasteiger partial charge in [0.2, 0.25) is 0 Å². The van der Waals surface area contributed by atoms with E-state index in [9.17, 15) is 18.0 Å². The van der Waals surface area contributed by atoms with Crippen LogP contribution in [0.4, 0.5) is 0 Å². The third-order valence-corrected chi connectivity index (χ3v) is 4.21. The molecule has 0 heterocycles. The molecule has 0 fully saturated rings. The minimum Gasteiger partial charge on any atom is -0.478 e. The highest BCUT2D eigenvalue weighted by Crippen LogP contribution is 2.22. The van der Waals surface area contributed by atoms with Crippen LogP contribution in [0.15, 0.2) is 48.5 Å². The topological polar surface area (TPSA) is 97.7 Å². The van der Waals surface area contributed by atoms with Crippen molar-refractivity contribution < 1.29 is 27.3 Å². The summed E-state index contributed by atoms with van der Waals surface area (Å²) in [7, 11) is -3.89. The number of carbonyl (C=O) groups excluding carboxylic acids is 1. The first kappa shape index (κ1) is 16.7. The zero-order chi connectivity index (χ0) is 17.0. The van der Waals surface area contributed by atoms with E-state index in [0.717, 1.165) is 0 Å². The predicted octanol–water partition coefficient (Wildman–Crippen LogP) is 2.56. The molecule has 0 saturated carbocycles. The van der Waals surface area contributed by atoms with Crippen LogP contribution in [-0.4, -0.2) is 31.2 Å². The van der Waals surface area contributed by atoms with Gasteiger partial charge in [-0.3, -0.25) is 0 Å². The summed E-state index contributed by atoms with van der Waals surface area (Å²) in [6, 6.07) is 12.3. The molecule has 2 aromatic carbocycles. The SMILES string of the molecule is CCS(=O)(=O)OC(=O)c1cccc(-c2cccc(C(=O)O)c2)c1. The zero-order valence-corrected chi connectivity index (χ0v) is 13.0. The third kappa shape index (κ3) is 4.17. The Morgan fingerprint density at radius 3 is 2.04 bits per heavy atom. The van der Waals surface area contributed by atoms with Crippen molar-refractivity contribution in [1.82, 2.24) is 0 Å². The minimum atomic E-state index is -3.89. The summed E-state index contributed by atoms with van der Waals surface area (Å²) in [5.74, 6) is -2.33. The fourth-order valence-electron chi connectivity index (χ4n) is 1.88. The van der Waals surface area contributed by atoms with E-state index in [2.05, 4.69) is 4.18 Å². The minimum absolute atomic E-state index is 0.0697. The molecule has 120 valence electrons.